The van der Waals surface area contributed by atoms with E-state index in [1.54, 1.807) is 11.0 Å². The van der Waals surface area contributed by atoms with Crippen molar-refractivity contribution >= 4 is 5.91 Å². The molecule has 1 N–H and O–H groups in total. The van der Waals surface area contributed by atoms with Crippen LogP contribution in [0.5, 0.6) is 0 Å². The molecule has 6 heteroatoms. The van der Waals surface area contributed by atoms with Crippen LogP contribution in [0, 0.1) is 5.41 Å². The van der Waals surface area contributed by atoms with E-state index < -0.39 is 17.2 Å². The summed E-state index contributed by atoms with van der Waals surface area (Å²) in [6.07, 6.45) is -4.36. The van der Waals surface area contributed by atoms with Gasteiger partial charge in [0.05, 0.1) is 11.0 Å². The summed E-state index contributed by atoms with van der Waals surface area (Å²) in [6, 6.07) is 5.15. The first-order chi connectivity index (χ1) is 9.70. The summed E-state index contributed by atoms with van der Waals surface area (Å²) in [5, 5.41) is 3.18. The molecule has 3 nitrogen and oxygen atoms in total. The standard InChI is InChI=1S/C15H19F3N2O/c1-14(2)10-19-6-7-20(13(14)21)9-11-4-3-5-12(8-11)15(16,17)18/h3-5,8,19H,6-7,9-10H2,1-2H3. The van der Waals surface area contributed by atoms with Crippen LogP contribution in [0.15, 0.2) is 24.3 Å². The molecule has 116 valence electrons. The van der Waals surface area contributed by atoms with Crippen LogP contribution in [-0.2, 0) is 17.5 Å². The van der Waals surface area contributed by atoms with Gasteiger partial charge in [0.15, 0.2) is 0 Å². The zero-order chi connectivity index (χ0) is 15.7. The van der Waals surface area contributed by atoms with Crippen LogP contribution in [0.4, 0.5) is 13.2 Å². The lowest BCUT2D eigenvalue weighted by Crippen LogP contribution is -2.41. The Hall–Kier alpha value is -1.56. The minimum Gasteiger partial charge on any atom is -0.337 e. The molecular formula is C15H19F3N2O. The van der Waals surface area contributed by atoms with Gasteiger partial charge in [-0.25, -0.2) is 0 Å². The summed E-state index contributed by atoms with van der Waals surface area (Å²) in [5.41, 5.74) is -0.728. The van der Waals surface area contributed by atoms with E-state index in [1.165, 1.54) is 6.07 Å². The van der Waals surface area contributed by atoms with Crippen LogP contribution in [0.2, 0.25) is 0 Å². The molecule has 1 amide bonds. The molecule has 0 radical (unpaired) electrons. The highest BCUT2D eigenvalue weighted by Crippen LogP contribution is 2.30. The molecule has 0 aromatic heterocycles. The van der Waals surface area contributed by atoms with Gasteiger partial charge in [0.2, 0.25) is 5.91 Å². The fourth-order valence-electron chi connectivity index (χ4n) is 2.44. The lowest BCUT2D eigenvalue weighted by molar-refractivity contribution is -0.139. The first kappa shape index (κ1) is 15.8. The smallest absolute Gasteiger partial charge is 0.337 e. The Bertz CT molecular complexity index is 526. The van der Waals surface area contributed by atoms with Crippen molar-refractivity contribution < 1.29 is 18.0 Å². The summed E-state index contributed by atoms with van der Waals surface area (Å²) in [4.78, 5) is 14.0. The molecule has 21 heavy (non-hydrogen) atoms. The largest absolute Gasteiger partial charge is 0.416 e. The van der Waals surface area contributed by atoms with Gasteiger partial charge in [-0.3, -0.25) is 4.79 Å². The summed E-state index contributed by atoms with van der Waals surface area (Å²) in [5.74, 6) is -0.0371. The van der Waals surface area contributed by atoms with Crippen LogP contribution in [0.1, 0.15) is 25.0 Å². The number of nitrogens with one attached hydrogen (secondary N) is 1. The van der Waals surface area contributed by atoms with Gasteiger partial charge in [0, 0.05) is 26.2 Å². The second-order valence-electron chi connectivity index (χ2n) is 5.99. The number of alkyl halides is 3. The van der Waals surface area contributed by atoms with Crippen LogP contribution in [-0.4, -0.2) is 30.4 Å². The van der Waals surface area contributed by atoms with Gasteiger partial charge in [-0.2, -0.15) is 13.2 Å². The Morgan fingerprint density at radius 3 is 2.71 bits per heavy atom. The lowest BCUT2D eigenvalue weighted by atomic mass is 9.92. The first-order valence-corrected chi connectivity index (χ1v) is 6.86. The Morgan fingerprint density at radius 1 is 1.33 bits per heavy atom. The molecule has 0 spiro atoms. The summed E-state index contributed by atoms with van der Waals surface area (Å²) < 4.78 is 38.2. The summed E-state index contributed by atoms with van der Waals surface area (Å²) >= 11 is 0. The van der Waals surface area contributed by atoms with Crippen molar-refractivity contribution in [3.8, 4) is 0 Å². The number of benzene rings is 1. The van der Waals surface area contributed by atoms with Gasteiger partial charge in [0.25, 0.3) is 0 Å². The molecule has 1 aromatic rings. The molecule has 2 rings (SSSR count). The number of carbonyl (C=O) groups is 1. The highest BCUT2D eigenvalue weighted by atomic mass is 19.4. The van der Waals surface area contributed by atoms with E-state index in [9.17, 15) is 18.0 Å². The fraction of sp³-hybridized carbons (Fsp3) is 0.533. The maximum Gasteiger partial charge on any atom is 0.416 e. The average Bonchev–Trinajstić information content (AvgIpc) is 2.51. The van der Waals surface area contributed by atoms with Crippen molar-refractivity contribution in [2.45, 2.75) is 26.6 Å². The van der Waals surface area contributed by atoms with E-state index in [-0.39, 0.29) is 12.5 Å². The normalized spacial score (nSPS) is 19.5. The van der Waals surface area contributed by atoms with E-state index >= 15 is 0 Å². The first-order valence-electron chi connectivity index (χ1n) is 6.86. The van der Waals surface area contributed by atoms with Crippen molar-refractivity contribution in [2.75, 3.05) is 19.6 Å². The van der Waals surface area contributed by atoms with Crippen LogP contribution in [0.3, 0.4) is 0 Å². The zero-order valence-corrected chi connectivity index (χ0v) is 12.1. The number of halogens is 3. The highest BCUT2D eigenvalue weighted by molar-refractivity contribution is 5.82. The molecule has 1 heterocycles. The van der Waals surface area contributed by atoms with Crippen molar-refractivity contribution in [3.05, 3.63) is 35.4 Å². The molecule has 1 aliphatic rings. The van der Waals surface area contributed by atoms with Gasteiger partial charge in [-0.15, -0.1) is 0 Å². The predicted molar refractivity (Wildman–Crippen MR) is 73.5 cm³/mol. The predicted octanol–water partition coefficient (Wildman–Crippen LogP) is 2.66. The minimum atomic E-state index is -4.36. The maximum atomic E-state index is 12.7. The second-order valence-corrected chi connectivity index (χ2v) is 5.99. The van der Waals surface area contributed by atoms with E-state index in [0.717, 1.165) is 12.1 Å². The van der Waals surface area contributed by atoms with Crippen LogP contribution < -0.4 is 5.32 Å². The SMILES string of the molecule is CC1(C)CNCCN(Cc2cccc(C(F)(F)F)c2)C1=O. The van der Waals surface area contributed by atoms with E-state index in [1.807, 2.05) is 13.8 Å². The molecule has 0 bridgehead atoms. The van der Waals surface area contributed by atoms with E-state index in [0.29, 0.717) is 25.2 Å². The molecule has 0 atom stereocenters. The molecule has 1 aromatic carbocycles. The number of hydrogen-bond acceptors (Lipinski definition) is 2. The Balaban J connectivity index is 2.19. The number of hydrogen-bond donors (Lipinski definition) is 1. The Labute approximate surface area is 122 Å². The average molecular weight is 300 g/mol. The fourth-order valence-corrected chi connectivity index (χ4v) is 2.44. The quantitative estimate of drug-likeness (QED) is 0.911. The van der Waals surface area contributed by atoms with Gasteiger partial charge >= 0.3 is 6.18 Å². The Kier molecular flexibility index (Phi) is 4.27. The van der Waals surface area contributed by atoms with Crippen molar-refractivity contribution in [2.24, 2.45) is 5.41 Å². The van der Waals surface area contributed by atoms with Crippen molar-refractivity contribution in [1.82, 2.24) is 10.2 Å². The monoisotopic (exact) mass is 300 g/mol. The molecule has 0 unspecified atom stereocenters. The maximum absolute atomic E-state index is 12.7. The topological polar surface area (TPSA) is 32.3 Å². The minimum absolute atomic E-state index is 0.0371. The molecule has 1 aliphatic heterocycles. The third kappa shape index (κ3) is 3.75. The molecular weight excluding hydrogens is 281 g/mol. The number of amides is 1. The van der Waals surface area contributed by atoms with Gasteiger partial charge in [-0.05, 0) is 31.5 Å². The van der Waals surface area contributed by atoms with E-state index in [4.69, 9.17) is 0 Å². The van der Waals surface area contributed by atoms with Crippen molar-refractivity contribution in [1.29, 1.82) is 0 Å². The van der Waals surface area contributed by atoms with Gasteiger partial charge in [0.1, 0.15) is 0 Å². The zero-order valence-electron chi connectivity index (χ0n) is 12.1. The third-order valence-corrected chi connectivity index (χ3v) is 3.62. The molecule has 0 saturated carbocycles. The third-order valence-electron chi connectivity index (χ3n) is 3.62. The summed E-state index contributed by atoms with van der Waals surface area (Å²) in [6.45, 7) is 5.60. The molecule has 1 saturated heterocycles. The van der Waals surface area contributed by atoms with Crippen LogP contribution >= 0.6 is 0 Å². The van der Waals surface area contributed by atoms with Crippen molar-refractivity contribution in [3.63, 3.8) is 0 Å². The Morgan fingerprint density at radius 2 is 2.05 bits per heavy atom. The highest BCUT2D eigenvalue weighted by Gasteiger charge is 2.34. The summed E-state index contributed by atoms with van der Waals surface area (Å²) in [7, 11) is 0. The van der Waals surface area contributed by atoms with Gasteiger partial charge < -0.3 is 10.2 Å². The second kappa shape index (κ2) is 5.67. The number of rotatable bonds is 2. The molecule has 0 aliphatic carbocycles. The number of carbonyl (C=O) groups excluding carboxylic acids is 1. The van der Waals surface area contributed by atoms with E-state index in [2.05, 4.69) is 5.32 Å². The number of nitrogens with zero attached hydrogens (tertiary/aromatic N) is 1. The van der Waals surface area contributed by atoms with Crippen LogP contribution in [0.25, 0.3) is 0 Å². The lowest BCUT2D eigenvalue weighted by Gasteiger charge is -2.28. The van der Waals surface area contributed by atoms with Gasteiger partial charge in [-0.1, -0.05) is 12.1 Å². The molecule has 1 fully saturated rings.